The fraction of sp³-hybridized carbons (Fsp3) is 0.241. The number of aryl methyl sites for hydroxylation is 1. The first kappa shape index (κ1) is 23.1. The molecule has 3 aliphatic rings. The van der Waals surface area contributed by atoms with Crippen LogP contribution in [0.5, 0.6) is 11.5 Å². The van der Waals surface area contributed by atoms with E-state index in [-0.39, 0.29) is 11.1 Å². The average Bonchev–Trinajstić information content (AvgIpc) is 3.49. The van der Waals surface area contributed by atoms with Crippen molar-refractivity contribution in [1.29, 1.82) is 0 Å². The molecular weight excluding hydrogens is 474 g/mol. The number of hydrogen-bond donors (Lipinski definition) is 0. The second-order valence-electron chi connectivity index (χ2n) is 9.44. The second-order valence-corrected chi connectivity index (χ2v) is 9.44. The second kappa shape index (κ2) is 8.11. The zero-order valence-electron chi connectivity index (χ0n) is 20.4. The Kier molecular flexibility index (Phi) is 5.07. The van der Waals surface area contributed by atoms with Gasteiger partial charge in [0.15, 0.2) is 11.5 Å². The van der Waals surface area contributed by atoms with Gasteiger partial charge >= 0.3 is 0 Å². The largest absolute Gasteiger partial charge is 0.493 e. The lowest BCUT2D eigenvalue weighted by Gasteiger charge is -2.27. The van der Waals surface area contributed by atoms with Gasteiger partial charge in [-0.25, -0.2) is 4.90 Å². The molecule has 2 fully saturated rings. The smallest absolute Gasteiger partial charge is 0.241 e. The fourth-order valence-corrected chi connectivity index (χ4v) is 5.80. The third-order valence-electron chi connectivity index (χ3n) is 7.55. The molecule has 0 N–H and O–H groups in total. The molecule has 2 saturated heterocycles. The first-order valence-corrected chi connectivity index (χ1v) is 11.9. The molecule has 0 aromatic heterocycles. The van der Waals surface area contributed by atoms with Gasteiger partial charge in [-0.1, -0.05) is 48.0 Å². The van der Waals surface area contributed by atoms with Crippen LogP contribution in [-0.2, 0) is 14.3 Å². The zero-order valence-corrected chi connectivity index (χ0v) is 20.4. The number of imide groups is 1. The number of ketones is 2. The molecule has 3 aromatic rings. The Bertz CT molecular complexity index is 1460. The van der Waals surface area contributed by atoms with E-state index < -0.39 is 46.9 Å². The van der Waals surface area contributed by atoms with Crippen molar-refractivity contribution >= 4 is 29.1 Å². The summed E-state index contributed by atoms with van der Waals surface area (Å²) in [5, 5.41) is 0. The zero-order chi connectivity index (χ0) is 26.1. The highest BCUT2D eigenvalue weighted by Crippen LogP contribution is 2.58. The van der Waals surface area contributed by atoms with Crippen molar-refractivity contribution < 1.29 is 33.4 Å². The summed E-state index contributed by atoms with van der Waals surface area (Å²) < 4.78 is 17.1. The molecule has 2 aliphatic heterocycles. The minimum Gasteiger partial charge on any atom is -0.493 e. The first-order chi connectivity index (χ1) is 17.8. The molecular formula is C29H23NO7. The van der Waals surface area contributed by atoms with Crippen LogP contribution >= 0.6 is 0 Å². The van der Waals surface area contributed by atoms with Crippen LogP contribution in [0.2, 0.25) is 0 Å². The van der Waals surface area contributed by atoms with E-state index in [4.69, 9.17) is 14.2 Å². The van der Waals surface area contributed by atoms with Crippen molar-refractivity contribution in [3.05, 3.63) is 89.0 Å². The lowest BCUT2D eigenvalue weighted by Crippen LogP contribution is -2.51. The molecule has 6 rings (SSSR count). The van der Waals surface area contributed by atoms with Gasteiger partial charge in [0.2, 0.25) is 29.0 Å². The molecule has 2 heterocycles. The number of ether oxygens (including phenoxy) is 3. The molecule has 0 unspecified atom stereocenters. The molecule has 8 nitrogen and oxygen atoms in total. The Morgan fingerprint density at radius 1 is 0.784 bits per heavy atom. The molecule has 3 atom stereocenters. The van der Waals surface area contributed by atoms with Gasteiger partial charge in [0, 0.05) is 11.1 Å². The van der Waals surface area contributed by atoms with Gasteiger partial charge in [-0.3, -0.25) is 19.2 Å². The number of rotatable bonds is 4. The van der Waals surface area contributed by atoms with Crippen molar-refractivity contribution in [3.8, 4) is 11.5 Å². The van der Waals surface area contributed by atoms with E-state index in [9.17, 15) is 19.2 Å². The Morgan fingerprint density at radius 2 is 1.41 bits per heavy atom. The molecule has 1 aliphatic carbocycles. The van der Waals surface area contributed by atoms with E-state index in [1.165, 1.54) is 14.2 Å². The quantitative estimate of drug-likeness (QED) is 0.400. The average molecular weight is 498 g/mol. The van der Waals surface area contributed by atoms with Crippen LogP contribution in [0.1, 0.15) is 37.9 Å². The van der Waals surface area contributed by atoms with E-state index in [1.807, 2.05) is 6.92 Å². The number of carbonyl (C=O) groups is 4. The normalized spacial score (nSPS) is 23.5. The van der Waals surface area contributed by atoms with Crippen LogP contribution < -0.4 is 14.4 Å². The van der Waals surface area contributed by atoms with Gasteiger partial charge in [0.1, 0.15) is 0 Å². The van der Waals surface area contributed by atoms with Crippen LogP contribution in [0.3, 0.4) is 0 Å². The van der Waals surface area contributed by atoms with Crippen LogP contribution in [0, 0.1) is 18.8 Å². The van der Waals surface area contributed by atoms with Gasteiger partial charge in [0.25, 0.3) is 0 Å². The molecule has 0 radical (unpaired) electrons. The number of carbonyl (C=O) groups excluding carboxylic acids is 4. The summed E-state index contributed by atoms with van der Waals surface area (Å²) in [6.45, 7) is 1.90. The Hall–Kier alpha value is -4.30. The van der Waals surface area contributed by atoms with E-state index in [2.05, 4.69) is 0 Å². The van der Waals surface area contributed by atoms with Crippen molar-refractivity contribution in [2.45, 2.75) is 18.6 Å². The number of amides is 2. The third-order valence-corrected chi connectivity index (χ3v) is 7.55. The summed E-state index contributed by atoms with van der Waals surface area (Å²) in [5.41, 5.74) is 0.0852. The SMILES string of the molecule is COc1ccc([C@H]2OC3(C(=O)c4ccccc4C3=O)[C@@H]3C(=O)N(c4ccc(C)cc4)C(=O)[C@@H]23)cc1OC. The number of hydrogen-bond acceptors (Lipinski definition) is 7. The maximum absolute atomic E-state index is 14.0. The Labute approximate surface area is 212 Å². The topological polar surface area (TPSA) is 99.2 Å². The van der Waals surface area contributed by atoms with Crippen molar-refractivity contribution in [1.82, 2.24) is 0 Å². The van der Waals surface area contributed by atoms with Gasteiger partial charge < -0.3 is 14.2 Å². The number of nitrogens with zero attached hydrogens (tertiary/aromatic N) is 1. The van der Waals surface area contributed by atoms with Crippen LogP contribution in [-0.4, -0.2) is 43.2 Å². The maximum Gasteiger partial charge on any atom is 0.241 e. The van der Waals surface area contributed by atoms with E-state index in [0.29, 0.717) is 22.7 Å². The summed E-state index contributed by atoms with van der Waals surface area (Å²) >= 11 is 0. The number of Topliss-reactive ketones (excluding diaryl/α,β-unsaturated/α-hetero) is 2. The molecule has 1 spiro atoms. The molecule has 0 saturated carbocycles. The van der Waals surface area contributed by atoms with E-state index in [1.54, 1.807) is 66.7 Å². The van der Waals surface area contributed by atoms with Crippen molar-refractivity contribution in [2.75, 3.05) is 19.1 Å². The Balaban J connectivity index is 1.54. The van der Waals surface area contributed by atoms with Crippen LogP contribution in [0.15, 0.2) is 66.7 Å². The van der Waals surface area contributed by atoms with Gasteiger partial charge in [-0.05, 0) is 36.8 Å². The van der Waals surface area contributed by atoms with Gasteiger partial charge in [-0.15, -0.1) is 0 Å². The molecule has 3 aromatic carbocycles. The number of anilines is 1. The number of fused-ring (bicyclic) bond motifs is 3. The minimum absolute atomic E-state index is 0.188. The summed E-state index contributed by atoms with van der Waals surface area (Å²) in [5.74, 6) is -3.90. The monoisotopic (exact) mass is 497 g/mol. The highest BCUT2D eigenvalue weighted by molar-refractivity contribution is 6.37. The summed E-state index contributed by atoms with van der Waals surface area (Å²) in [7, 11) is 2.98. The highest BCUT2D eigenvalue weighted by atomic mass is 16.5. The molecule has 186 valence electrons. The minimum atomic E-state index is -2.13. The van der Waals surface area contributed by atoms with E-state index in [0.717, 1.165) is 10.5 Å². The molecule has 37 heavy (non-hydrogen) atoms. The standard InChI is InChI=1S/C29H23NO7/c1-15-8-11-17(12-9-15)30-27(33)22-23(28(30)34)29(25(31)18-6-4-5-7-19(18)26(29)32)37-24(22)16-10-13-20(35-2)21(14-16)36-3/h4-14,22-24H,1-3H3/t22-,23+,24-/m1/s1. The Morgan fingerprint density at radius 3 is 2.00 bits per heavy atom. The summed E-state index contributed by atoms with van der Waals surface area (Å²) in [6.07, 6.45) is -1.04. The summed E-state index contributed by atoms with van der Waals surface area (Å²) in [6, 6.07) is 18.3. The molecule has 2 amide bonds. The molecule has 8 heteroatoms. The van der Waals surface area contributed by atoms with Gasteiger partial charge in [-0.2, -0.15) is 0 Å². The number of benzene rings is 3. The van der Waals surface area contributed by atoms with Crippen LogP contribution in [0.4, 0.5) is 5.69 Å². The predicted molar refractivity (Wildman–Crippen MR) is 132 cm³/mol. The fourth-order valence-electron chi connectivity index (χ4n) is 5.80. The third kappa shape index (κ3) is 2.99. The number of methoxy groups -OCH3 is 2. The lowest BCUT2D eigenvalue weighted by molar-refractivity contribution is -0.127. The van der Waals surface area contributed by atoms with Crippen molar-refractivity contribution in [3.63, 3.8) is 0 Å². The highest BCUT2D eigenvalue weighted by Gasteiger charge is 2.74. The molecule has 0 bridgehead atoms. The van der Waals surface area contributed by atoms with Crippen LogP contribution in [0.25, 0.3) is 0 Å². The summed E-state index contributed by atoms with van der Waals surface area (Å²) in [4.78, 5) is 56.6. The predicted octanol–water partition coefficient (Wildman–Crippen LogP) is 3.71. The first-order valence-electron chi connectivity index (χ1n) is 11.9. The maximum atomic E-state index is 14.0. The van der Waals surface area contributed by atoms with Crippen molar-refractivity contribution in [2.24, 2.45) is 11.8 Å². The van der Waals surface area contributed by atoms with Gasteiger partial charge in [0.05, 0.1) is 37.8 Å². The van der Waals surface area contributed by atoms with E-state index >= 15 is 0 Å². The lowest BCUT2D eigenvalue weighted by atomic mass is 9.77.